The third kappa shape index (κ3) is 6.17. The van der Waals surface area contributed by atoms with E-state index >= 15 is 0 Å². The Hall–Kier alpha value is -3.10. The van der Waals surface area contributed by atoms with Crippen LogP contribution in [0.4, 0.5) is 17.1 Å². The highest BCUT2D eigenvalue weighted by Crippen LogP contribution is 2.34. The van der Waals surface area contributed by atoms with Gasteiger partial charge in [0.1, 0.15) is 17.3 Å². The molecule has 0 aliphatic carbocycles. The molecule has 2 aliphatic heterocycles. The molecule has 2 heterocycles. The Bertz CT molecular complexity index is 1140. The molecule has 0 saturated carbocycles. The fourth-order valence-corrected chi connectivity index (χ4v) is 4.64. The van der Waals surface area contributed by atoms with Gasteiger partial charge in [-0.3, -0.25) is 0 Å². The fraction of sp³-hybridized carbons (Fsp3) is 0.444. The Labute approximate surface area is 218 Å². The van der Waals surface area contributed by atoms with Crippen molar-refractivity contribution in [1.82, 2.24) is 10.2 Å². The first-order chi connectivity index (χ1) is 17.4. The van der Waals surface area contributed by atoms with Crippen LogP contribution in [0.3, 0.4) is 0 Å². The van der Waals surface area contributed by atoms with Crippen molar-refractivity contribution in [1.29, 1.82) is 0 Å². The van der Waals surface area contributed by atoms with E-state index in [1.165, 1.54) is 5.56 Å². The molecule has 1 unspecified atom stereocenters. The van der Waals surface area contributed by atoms with Crippen LogP contribution in [-0.2, 0) is 0 Å². The van der Waals surface area contributed by atoms with Gasteiger partial charge >= 0.3 is 0 Å². The molecule has 0 spiro atoms. The molecule has 36 heavy (non-hydrogen) atoms. The quantitative estimate of drug-likeness (QED) is 0.380. The summed E-state index contributed by atoms with van der Waals surface area (Å²) in [4.78, 5) is 19.5. The predicted molar refractivity (Wildman–Crippen MR) is 147 cm³/mol. The van der Waals surface area contributed by atoms with E-state index in [4.69, 9.17) is 16.3 Å². The van der Waals surface area contributed by atoms with Crippen molar-refractivity contribution in [2.75, 3.05) is 37.4 Å². The predicted octanol–water partition coefficient (Wildman–Crippen LogP) is 5.60. The Balaban J connectivity index is 1.49. The summed E-state index contributed by atoms with van der Waals surface area (Å²) in [5.74, 6) is 1.92. The van der Waals surface area contributed by atoms with Crippen LogP contribution in [0, 0.1) is 4.91 Å². The molecule has 9 heteroatoms. The standard InChI is InChI=1S/C27H36ClN6O2/c1-5-36-25-16-20(19-12-14-33(4)15-13-19)10-11-23(25)31-27-29-17-21(28)26(32-27)30-22-8-6-7-9-24(22)34(35)18(2)3/h6-11,16-19,27,30-32H,5,12-15H2,1-4H3/q+1. The molecule has 1 saturated heterocycles. The maximum absolute atomic E-state index is 12.6. The van der Waals surface area contributed by atoms with E-state index < -0.39 is 6.29 Å². The number of hydrogen-bond donors (Lipinski definition) is 3. The first-order valence-corrected chi connectivity index (χ1v) is 13.0. The van der Waals surface area contributed by atoms with Gasteiger partial charge in [-0.25, -0.2) is 4.99 Å². The number of allylic oxidation sites excluding steroid dienone is 1. The van der Waals surface area contributed by atoms with Gasteiger partial charge in [-0.05, 0) is 69.6 Å². The topological polar surface area (TPSA) is 81.0 Å². The van der Waals surface area contributed by atoms with E-state index in [0.29, 0.717) is 34.8 Å². The zero-order chi connectivity index (χ0) is 25.7. The number of likely N-dealkylation sites (tertiary alicyclic amines) is 1. The van der Waals surface area contributed by atoms with Crippen molar-refractivity contribution >= 4 is 34.9 Å². The second kappa shape index (κ2) is 11.8. The lowest BCUT2D eigenvalue weighted by Crippen LogP contribution is -2.39. The number of piperidine rings is 1. The average Bonchev–Trinajstić information content (AvgIpc) is 2.87. The Morgan fingerprint density at radius 2 is 1.94 bits per heavy atom. The van der Waals surface area contributed by atoms with Crippen LogP contribution in [0.2, 0.25) is 0 Å². The van der Waals surface area contributed by atoms with Crippen molar-refractivity contribution in [3.63, 3.8) is 0 Å². The molecule has 8 nitrogen and oxygen atoms in total. The highest BCUT2D eigenvalue weighted by Gasteiger charge is 2.25. The van der Waals surface area contributed by atoms with Crippen LogP contribution in [0.1, 0.15) is 45.1 Å². The summed E-state index contributed by atoms with van der Waals surface area (Å²) in [7, 11) is 2.18. The number of nitroso groups, excluding NO2 is 1. The molecule has 192 valence electrons. The SMILES string of the molecule is CCOc1cc(C2CCN(C)CC2)ccc1NC1N=CC(Cl)=C(Nc2ccccc2[N+](=O)C(C)C)N1. The molecule has 0 aromatic heterocycles. The average molecular weight is 512 g/mol. The second-order valence-electron chi connectivity index (χ2n) is 9.52. The number of nitrogens with one attached hydrogen (secondary N) is 3. The van der Waals surface area contributed by atoms with E-state index in [1.807, 2.05) is 39.0 Å². The Morgan fingerprint density at radius 3 is 2.67 bits per heavy atom. The molecule has 0 amide bonds. The number of aliphatic imine (C=N–C) groups is 1. The molecule has 4 rings (SSSR count). The van der Waals surface area contributed by atoms with Crippen LogP contribution in [0.5, 0.6) is 5.75 Å². The first kappa shape index (κ1) is 26.0. The van der Waals surface area contributed by atoms with Crippen LogP contribution in [0.15, 0.2) is 58.3 Å². The number of rotatable bonds is 9. The number of halogens is 1. The van der Waals surface area contributed by atoms with Crippen molar-refractivity contribution in [3.8, 4) is 5.75 Å². The molecule has 1 fully saturated rings. The van der Waals surface area contributed by atoms with E-state index in [2.05, 4.69) is 51.1 Å². The van der Waals surface area contributed by atoms with Gasteiger partial charge < -0.3 is 25.6 Å². The van der Waals surface area contributed by atoms with Crippen LogP contribution in [0.25, 0.3) is 0 Å². The van der Waals surface area contributed by atoms with Crippen LogP contribution < -0.4 is 20.7 Å². The van der Waals surface area contributed by atoms with Gasteiger partial charge in [0.15, 0.2) is 6.29 Å². The minimum atomic E-state index is -0.469. The molecule has 2 aromatic rings. The smallest absolute Gasteiger partial charge is 0.279 e. The van der Waals surface area contributed by atoms with Crippen molar-refractivity contribution in [3.05, 3.63) is 63.8 Å². The molecule has 2 aliphatic rings. The maximum Gasteiger partial charge on any atom is 0.279 e. The minimum absolute atomic E-state index is 0.192. The highest BCUT2D eigenvalue weighted by atomic mass is 35.5. The largest absolute Gasteiger partial charge is 0.492 e. The number of ether oxygens (including phenoxy) is 1. The number of para-hydroxylation sites is 2. The van der Waals surface area contributed by atoms with Crippen LogP contribution in [-0.4, -0.2) is 55.0 Å². The summed E-state index contributed by atoms with van der Waals surface area (Å²) >= 11 is 6.45. The zero-order valence-electron chi connectivity index (χ0n) is 21.4. The second-order valence-corrected chi connectivity index (χ2v) is 9.93. The number of benzene rings is 2. The minimum Gasteiger partial charge on any atom is -0.492 e. The summed E-state index contributed by atoms with van der Waals surface area (Å²) in [6.07, 6.45) is 3.44. The third-order valence-electron chi connectivity index (χ3n) is 6.51. The van der Waals surface area contributed by atoms with E-state index in [-0.39, 0.29) is 6.04 Å². The van der Waals surface area contributed by atoms with Crippen LogP contribution >= 0.6 is 11.6 Å². The Morgan fingerprint density at radius 1 is 1.19 bits per heavy atom. The van der Waals surface area contributed by atoms with Gasteiger partial charge in [0.25, 0.3) is 5.69 Å². The lowest BCUT2D eigenvalue weighted by molar-refractivity contribution is -0.496. The number of hydrogen-bond acceptors (Lipinski definition) is 7. The highest BCUT2D eigenvalue weighted by molar-refractivity contribution is 6.40. The zero-order valence-corrected chi connectivity index (χ0v) is 22.2. The molecular formula is C27H36ClN6O2+. The summed E-state index contributed by atoms with van der Waals surface area (Å²) in [5, 5.41) is 10.4. The molecule has 1 atom stereocenters. The van der Waals surface area contributed by atoms with Crippen molar-refractivity contribution in [2.45, 2.75) is 51.9 Å². The molecule has 2 aromatic carbocycles. The fourth-order valence-electron chi connectivity index (χ4n) is 4.48. The van der Waals surface area contributed by atoms with E-state index in [0.717, 1.165) is 42.1 Å². The lowest BCUT2D eigenvalue weighted by Gasteiger charge is -2.30. The van der Waals surface area contributed by atoms with Gasteiger partial charge in [-0.2, -0.15) is 0 Å². The first-order valence-electron chi connectivity index (χ1n) is 12.6. The van der Waals surface area contributed by atoms with E-state index in [9.17, 15) is 4.91 Å². The lowest BCUT2D eigenvalue weighted by atomic mass is 9.89. The summed E-state index contributed by atoms with van der Waals surface area (Å²) in [6.45, 7) is 8.50. The summed E-state index contributed by atoms with van der Waals surface area (Å²) in [5.41, 5.74) is 3.37. The van der Waals surface area contributed by atoms with Crippen molar-refractivity contribution in [2.24, 2.45) is 4.99 Å². The van der Waals surface area contributed by atoms with Gasteiger partial charge in [0.05, 0.1) is 17.3 Å². The Kier molecular flexibility index (Phi) is 8.48. The van der Waals surface area contributed by atoms with Gasteiger partial charge in [-0.1, -0.05) is 29.8 Å². The number of anilines is 2. The monoisotopic (exact) mass is 511 g/mol. The van der Waals surface area contributed by atoms with E-state index in [1.54, 1.807) is 12.3 Å². The third-order valence-corrected chi connectivity index (χ3v) is 6.80. The summed E-state index contributed by atoms with van der Waals surface area (Å²) in [6, 6.07) is 13.6. The van der Waals surface area contributed by atoms with Gasteiger partial charge in [0, 0.05) is 35.8 Å². The normalized spacial score (nSPS) is 18.8. The summed E-state index contributed by atoms with van der Waals surface area (Å²) < 4.78 is 6.97. The maximum atomic E-state index is 12.6. The van der Waals surface area contributed by atoms with Gasteiger partial charge in [-0.15, -0.1) is 0 Å². The molecule has 0 radical (unpaired) electrons. The molecule has 3 N–H and O–H groups in total. The molecular weight excluding hydrogens is 476 g/mol. The van der Waals surface area contributed by atoms with Crippen molar-refractivity contribution < 1.29 is 9.50 Å². The van der Waals surface area contributed by atoms with Gasteiger partial charge in [0.2, 0.25) is 6.04 Å². The number of nitrogens with zero attached hydrogens (tertiary/aromatic N) is 3. The molecule has 0 bridgehead atoms.